The van der Waals surface area contributed by atoms with E-state index < -0.39 is 0 Å². The number of anilines is 1. The largest absolute Gasteiger partial charge is 0.494 e. The lowest BCUT2D eigenvalue weighted by molar-refractivity contribution is 0.207. The average molecular weight is 471 g/mol. The van der Waals surface area contributed by atoms with Gasteiger partial charge in [0.05, 0.1) is 12.9 Å². The van der Waals surface area contributed by atoms with Crippen molar-refractivity contribution in [3.8, 4) is 17.2 Å². The number of carbonyl (C=O) groups is 1. The van der Waals surface area contributed by atoms with Crippen molar-refractivity contribution in [1.29, 1.82) is 0 Å². The third kappa shape index (κ3) is 7.37. The van der Waals surface area contributed by atoms with Gasteiger partial charge in [-0.2, -0.15) is 0 Å². The molecule has 0 aliphatic rings. The molecule has 0 aliphatic heterocycles. The van der Waals surface area contributed by atoms with Gasteiger partial charge in [-0.3, -0.25) is 0 Å². The molecule has 35 heavy (non-hydrogen) atoms. The van der Waals surface area contributed by atoms with Crippen molar-refractivity contribution >= 4 is 11.7 Å². The topological polar surface area (TPSA) is 68.6 Å². The van der Waals surface area contributed by atoms with E-state index in [-0.39, 0.29) is 6.03 Å². The summed E-state index contributed by atoms with van der Waals surface area (Å²) in [7, 11) is 0. The molecule has 0 radical (unpaired) electrons. The van der Waals surface area contributed by atoms with E-state index in [1.807, 2.05) is 101 Å². The zero-order chi connectivity index (χ0) is 24.3. The molecule has 0 bridgehead atoms. The molecular weight excluding hydrogens is 440 g/mol. The van der Waals surface area contributed by atoms with E-state index in [9.17, 15) is 4.79 Å². The fourth-order valence-corrected chi connectivity index (χ4v) is 3.67. The Balaban J connectivity index is 1.44. The van der Waals surface area contributed by atoms with Crippen LogP contribution < -0.4 is 14.8 Å². The number of benzene rings is 3. The quantitative estimate of drug-likeness (QED) is 0.283. The highest BCUT2D eigenvalue weighted by Crippen LogP contribution is 2.23. The van der Waals surface area contributed by atoms with E-state index in [1.54, 1.807) is 12.5 Å². The van der Waals surface area contributed by atoms with Crippen molar-refractivity contribution in [2.75, 3.05) is 18.5 Å². The minimum atomic E-state index is -0.158. The number of amides is 2. The second kappa shape index (κ2) is 12.3. The number of imidazole rings is 1. The molecular formula is C28H30N4O3. The van der Waals surface area contributed by atoms with Gasteiger partial charge in [-0.1, -0.05) is 30.3 Å². The van der Waals surface area contributed by atoms with Crippen LogP contribution in [0.1, 0.15) is 18.9 Å². The first-order valence-corrected chi connectivity index (χ1v) is 11.8. The lowest BCUT2D eigenvalue weighted by atomic mass is 10.2. The molecule has 4 rings (SSSR count). The molecule has 0 fully saturated rings. The standard InChI is InChI=1S/C28H30N4O3/c1-2-34-25-14-12-24(13-15-25)30-28(33)32(18-7-17-31-19-16-29-22-31)21-23-8-6-11-27(20-23)35-26-9-4-3-5-10-26/h3-6,8-16,19-20,22H,2,7,17-18,21H2,1H3,(H,30,33). The lowest BCUT2D eigenvalue weighted by Gasteiger charge is -2.24. The Morgan fingerprint density at radius 3 is 2.51 bits per heavy atom. The van der Waals surface area contributed by atoms with Crippen molar-refractivity contribution in [3.05, 3.63) is 103 Å². The monoisotopic (exact) mass is 470 g/mol. The molecule has 0 unspecified atom stereocenters. The van der Waals surface area contributed by atoms with Crippen LogP contribution in [0.2, 0.25) is 0 Å². The second-order valence-electron chi connectivity index (χ2n) is 8.03. The van der Waals surface area contributed by atoms with Crippen LogP contribution in [0.15, 0.2) is 97.6 Å². The van der Waals surface area contributed by atoms with Crippen LogP contribution in [0, 0.1) is 0 Å². The van der Waals surface area contributed by atoms with Crippen molar-refractivity contribution in [2.24, 2.45) is 0 Å². The summed E-state index contributed by atoms with van der Waals surface area (Å²) in [5, 5.41) is 3.01. The molecule has 1 aromatic heterocycles. The van der Waals surface area contributed by atoms with Gasteiger partial charge >= 0.3 is 6.03 Å². The van der Waals surface area contributed by atoms with Gasteiger partial charge in [0.25, 0.3) is 0 Å². The van der Waals surface area contributed by atoms with Crippen LogP contribution in [-0.2, 0) is 13.1 Å². The van der Waals surface area contributed by atoms with Crippen molar-refractivity contribution < 1.29 is 14.3 Å². The number of urea groups is 1. The first-order valence-electron chi connectivity index (χ1n) is 11.8. The van der Waals surface area contributed by atoms with Gasteiger partial charge in [-0.25, -0.2) is 9.78 Å². The van der Waals surface area contributed by atoms with Crippen molar-refractivity contribution in [3.63, 3.8) is 0 Å². The lowest BCUT2D eigenvalue weighted by Crippen LogP contribution is -2.35. The molecule has 180 valence electrons. The van der Waals surface area contributed by atoms with E-state index in [0.717, 1.165) is 41.5 Å². The molecule has 1 heterocycles. The fraction of sp³-hybridized carbons (Fsp3) is 0.214. The van der Waals surface area contributed by atoms with Crippen LogP contribution in [0.5, 0.6) is 17.2 Å². The molecule has 0 atom stereocenters. The van der Waals surface area contributed by atoms with Crippen LogP contribution in [0.25, 0.3) is 0 Å². The summed E-state index contributed by atoms with van der Waals surface area (Å²) in [6.07, 6.45) is 6.27. The Hall–Kier alpha value is -4.26. The highest BCUT2D eigenvalue weighted by molar-refractivity contribution is 5.89. The molecule has 0 aliphatic carbocycles. The van der Waals surface area contributed by atoms with Crippen LogP contribution >= 0.6 is 0 Å². The average Bonchev–Trinajstić information content (AvgIpc) is 3.39. The number of ether oxygens (including phenoxy) is 2. The molecule has 1 N–H and O–H groups in total. The number of hydrogen-bond donors (Lipinski definition) is 1. The van der Waals surface area contributed by atoms with E-state index in [1.165, 1.54) is 0 Å². The number of nitrogens with one attached hydrogen (secondary N) is 1. The predicted octanol–water partition coefficient (Wildman–Crippen LogP) is 6.20. The molecule has 4 aromatic rings. The summed E-state index contributed by atoms with van der Waals surface area (Å²) in [6.45, 7) is 4.37. The zero-order valence-electron chi connectivity index (χ0n) is 19.8. The number of nitrogens with zero attached hydrogens (tertiary/aromatic N) is 3. The van der Waals surface area contributed by atoms with Gasteiger partial charge in [0, 0.05) is 37.7 Å². The molecule has 2 amide bonds. The first kappa shape index (κ1) is 23.9. The first-order chi connectivity index (χ1) is 17.2. The van der Waals surface area contributed by atoms with Gasteiger partial charge < -0.3 is 24.3 Å². The molecule has 0 saturated heterocycles. The number of aromatic nitrogens is 2. The van der Waals surface area contributed by atoms with Crippen LogP contribution in [-0.4, -0.2) is 33.6 Å². The summed E-state index contributed by atoms with van der Waals surface area (Å²) < 4.78 is 13.5. The highest BCUT2D eigenvalue weighted by Gasteiger charge is 2.15. The maximum absolute atomic E-state index is 13.2. The van der Waals surface area contributed by atoms with E-state index >= 15 is 0 Å². The predicted molar refractivity (Wildman–Crippen MR) is 137 cm³/mol. The third-order valence-electron chi connectivity index (χ3n) is 5.36. The number of hydrogen-bond acceptors (Lipinski definition) is 4. The summed E-state index contributed by atoms with van der Waals surface area (Å²) >= 11 is 0. The molecule has 0 spiro atoms. The summed E-state index contributed by atoms with van der Waals surface area (Å²) in [5.41, 5.74) is 1.71. The minimum Gasteiger partial charge on any atom is -0.494 e. The Labute approximate surface area is 205 Å². The van der Waals surface area contributed by atoms with Crippen molar-refractivity contribution in [1.82, 2.24) is 14.5 Å². The second-order valence-corrected chi connectivity index (χ2v) is 8.03. The maximum Gasteiger partial charge on any atom is 0.322 e. The molecule has 7 nitrogen and oxygen atoms in total. The number of aryl methyl sites for hydroxylation is 1. The van der Waals surface area contributed by atoms with Gasteiger partial charge in [0.1, 0.15) is 17.2 Å². The Morgan fingerprint density at radius 2 is 1.77 bits per heavy atom. The van der Waals surface area contributed by atoms with Crippen LogP contribution in [0.4, 0.5) is 10.5 Å². The van der Waals surface area contributed by atoms with Gasteiger partial charge in [-0.15, -0.1) is 0 Å². The van der Waals surface area contributed by atoms with Gasteiger partial charge in [0.15, 0.2) is 0 Å². The van der Waals surface area contributed by atoms with E-state index in [4.69, 9.17) is 9.47 Å². The van der Waals surface area contributed by atoms with Gasteiger partial charge in [0.2, 0.25) is 0 Å². The Morgan fingerprint density at radius 1 is 0.971 bits per heavy atom. The van der Waals surface area contributed by atoms with E-state index in [0.29, 0.717) is 19.7 Å². The van der Waals surface area contributed by atoms with Crippen LogP contribution in [0.3, 0.4) is 0 Å². The Bertz CT molecular complexity index is 1180. The maximum atomic E-state index is 13.2. The third-order valence-corrected chi connectivity index (χ3v) is 5.36. The minimum absolute atomic E-state index is 0.158. The fourth-order valence-electron chi connectivity index (χ4n) is 3.67. The molecule has 7 heteroatoms. The van der Waals surface area contributed by atoms with E-state index in [2.05, 4.69) is 10.3 Å². The number of carbonyl (C=O) groups excluding carboxylic acids is 1. The number of para-hydroxylation sites is 1. The molecule has 0 saturated carbocycles. The normalized spacial score (nSPS) is 10.5. The Kier molecular flexibility index (Phi) is 8.37. The summed E-state index contributed by atoms with van der Waals surface area (Å²) in [5.74, 6) is 2.28. The number of rotatable bonds is 11. The molecule has 3 aromatic carbocycles. The van der Waals surface area contributed by atoms with Crippen molar-refractivity contribution in [2.45, 2.75) is 26.4 Å². The smallest absolute Gasteiger partial charge is 0.322 e. The zero-order valence-corrected chi connectivity index (χ0v) is 19.8. The highest BCUT2D eigenvalue weighted by atomic mass is 16.5. The summed E-state index contributed by atoms with van der Waals surface area (Å²) in [6, 6.07) is 24.7. The van der Waals surface area contributed by atoms with Gasteiger partial charge in [-0.05, 0) is 67.4 Å². The summed E-state index contributed by atoms with van der Waals surface area (Å²) in [4.78, 5) is 19.1. The SMILES string of the molecule is CCOc1ccc(NC(=O)N(CCCn2ccnc2)Cc2cccc(Oc3ccccc3)c2)cc1.